The number of carbonyl (C=O) groups excluding carboxylic acids is 1. The Labute approximate surface area is 204 Å². The van der Waals surface area contributed by atoms with Crippen molar-refractivity contribution >= 4 is 11.6 Å². The van der Waals surface area contributed by atoms with Crippen LogP contribution in [-0.4, -0.2) is 36.6 Å². The molecule has 0 bridgehead atoms. The Morgan fingerprint density at radius 1 is 0.706 bits per heavy atom. The molecule has 1 amide bonds. The van der Waals surface area contributed by atoms with Crippen LogP contribution in [0.4, 0.5) is 18.9 Å². The zero-order valence-electron chi connectivity index (χ0n) is 20.9. The molecule has 1 aliphatic rings. The molecule has 1 saturated heterocycles. The lowest BCUT2D eigenvalue weighted by atomic mass is 10.0. The van der Waals surface area contributed by atoms with Crippen LogP contribution >= 0.6 is 0 Å². The molecule has 0 unspecified atom stereocenters. The first-order valence-corrected chi connectivity index (χ1v) is 13.7. The second-order valence-electron chi connectivity index (χ2n) is 9.82. The van der Waals surface area contributed by atoms with Gasteiger partial charge in [-0.2, -0.15) is 13.2 Å². The molecular weight excluding hydrogens is 437 g/mol. The summed E-state index contributed by atoms with van der Waals surface area (Å²) in [6.45, 7) is 2.73. The number of hydrogen-bond acceptors (Lipinski definition) is 2. The first-order valence-electron chi connectivity index (χ1n) is 13.7. The highest BCUT2D eigenvalue weighted by atomic mass is 19.4. The molecule has 0 aliphatic carbocycles. The van der Waals surface area contributed by atoms with Crippen LogP contribution in [0.5, 0.6) is 0 Å². The number of nitrogens with zero attached hydrogens (tertiary/aromatic N) is 1. The van der Waals surface area contributed by atoms with Gasteiger partial charge in [0, 0.05) is 37.3 Å². The van der Waals surface area contributed by atoms with Crippen LogP contribution in [0.15, 0.2) is 24.3 Å². The Morgan fingerprint density at radius 3 is 1.68 bits per heavy atom. The summed E-state index contributed by atoms with van der Waals surface area (Å²) in [6.07, 6.45) is 13.0. The van der Waals surface area contributed by atoms with E-state index in [0.29, 0.717) is 6.42 Å². The molecule has 1 aliphatic heterocycles. The van der Waals surface area contributed by atoms with Crippen molar-refractivity contribution in [2.24, 2.45) is 0 Å². The molecule has 0 aromatic heterocycles. The van der Waals surface area contributed by atoms with E-state index in [4.69, 9.17) is 0 Å². The standard InChI is InChI=1S/C28H45F3N2O/c29-28(30,31)21-13-10-8-6-4-2-1-3-5-7-9-11-14-22-32-26-19-17-25(18-20-26)27(34)33-23-15-12-16-24-33/h17-20,32H,1-16,21-24H2. The molecule has 2 rings (SSSR count). The average molecular weight is 483 g/mol. The maximum absolute atomic E-state index is 12.5. The van der Waals surface area contributed by atoms with Crippen molar-refractivity contribution in [3.8, 4) is 0 Å². The molecule has 6 heteroatoms. The number of anilines is 1. The van der Waals surface area contributed by atoms with Gasteiger partial charge in [0.25, 0.3) is 5.91 Å². The van der Waals surface area contributed by atoms with Gasteiger partial charge in [0.1, 0.15) is 0 Å². The number of nitrogens with one attached hydrogen (secondary N) is 1. The lowest BCUT2D eigenvalue weighted by Crippen LogP contribution is -2.35. The third-order valence-electron chi connectivity index (χ3n) is 6.74. The van der Waals surface area contributed by atoms with Crippen molar-refractivity contribution in [1.82, 2.24) is 4.90 Å². The number of carbonyl (C=O) groups is 1. The summed E-state index contributed by atoms with van der Waals surface area (Å²) in [5.74, 6) is 0.158. The van der Waals surface area contributed by atoms with Crippen LogP contribution in [0, 0.1) is 0 Å². The van der Waals surface area contributed by atoms with Crippen molar-refractivity contribution in [3.63, 3.8) is 0 Å². The fourth-order valence-corrected chi connectivity index (χ4v) is 4.64. The van der Waals surface area contributed by atoms with Gasteiger partial charge in [-0.15, -0.1) is 0 Å². The molecule has 0 saturated carbocycles. The summed E-state index contributed by atoms with van der Waals surface area (Å²) in [7, 11) is 0. The van der Waals surface area contributed by atoms with E-state index in [-0.39, 0.29) is 12.3 Å². The van der Waals surface area contributed by atoms with Gasteiger partial charge >= 0.3 is 6.18 Å². The monoisotopic (exact) mass is 482 g/mol. The molecule has 1 aromatic rings. The van der Waals surface area contributed by atoms with Crippen molar-refractivity contribution in [3.05, 3.63) is 29.8 Å². The van der Waals surface area contributed by atoms with Crippen LogP contribution in [0.2, 0.25) is 0 Å². The van der Waals surface area contributed by atoms with E-state index in [1.165, 1.54) is 51.4 Å². The Kier molecular flexibility index (Phi) is 14.1. The van der Waals surface area contributed by atoms with Crippen LogP contribution < -0.4 is 5.32 Å². The van der Waals surface area contributed by atoms with Gasteiger partial charge < -0.3 is 10.2 Å². The third-order valence-corrected chi connectivity index (χ3v) is 6.74. The molecule has 34 heavy (non-hydrogen) atoms. The van der Waals surface area contributed by atoms with Gasteiger partial charge in [0.05, 0.1) is 0 Å². The molecule has 1 fully saturated rings. The Balaban J connectivity index is 1.36. The van der Waals surface area contributed by atoms with Crippen LogP contribution in [0.25, 0.3) is 0 Å². The molecule has 194 valence electrons. The minimum atomic E-state index is -3.99. The maximum atomic E-state index is 12.5. The van der Waals surface area contributed by atoms with Crippen LogP contribution in [0.3, 0.4) is 0 Å². The Morgan fingerprint density at radius 2 is 1.18 bits per heavy atom. The Bertz CT molecular complexity index is 655. The summed E-state index contributed by atoms with van der Waals surface area (Å²) in [6, 6.07) is 7.90. The summed E-state index contributed by atoms with van der Waals surface area (Å²) in [5.41, 5.74) is 1.86. The van der Waals surface area contributed by atoms with Crippen molar-refractivity contribution < 1.29 is 18.0 Å². The quantitative estimate of drug-likeness (QED) is 0.225. The second-order valence-corrected chi connectivity index (χ2v) is 9.82. The van der Waals surface area contributed by atoms with Crippen LogP contribution in [0.1, 0.15) is 120 Å². The third kappa shape index (κ3) is 13.2. The predicted molar refractivity (Wildman–Crippen MR) is 135 cm³/mol. The molecule has 0 radical (unpaired) electrons. The SMILES string of the molecule is O=C(c1ccc(NCCCCCCCCCCCCCCCC(F)(F)F)cc1)N1CCCCC1. The van der Waals surface area contributed by atoms with Gasteiger partial charge in [-0.1, -0.05) is 70.6 Å². The van der Waals surface area contributed by atoms with Crippen LogP contribution in [-0.2, 0) is 0 Å². The normalized spacial score (nSPS) is 14.4. The number of unbranched alkanes of at least 4 members (excludes halogenated alkanes) is 12. The summed E-state index contributed by atoms with van der Waals surface area (Å²) < 4.78 is 36.2. The largest absolute Gasteiger partial charge is 0.389 e. The highest BCUT2D eigenvalue weighted by Gasteiger charge is 2.25. The minimum absolute atomic E-state index is 0.158. The van der Waals surface area contributed by atoms with E-state index in [0.717, 1.165) is 69.4 Å². The number of halogens is 3. The fourth-order valence-electron chi connectivity index (χ4n) is 4.64. The first-order chi connectivity index (χ1) is 16.5. The number of amides is 1. The highest BCUT2D eigenvalue weighted by molar-refractivity contribution is 5.94. The van der Waals surface area contributed by atoms with E-state index in [2.05, 4.69) is 5.32 Å². The zero-order chi connectivity index (χ0) is 24.5. The van der Waals surface area contributed by atoms with Gasteiger partial charge in [0.15, 0.2) is 0 Å². The minimum Gasteiger partial charge on any atom is -0.385 e. The number of rotatable bonds is 17. The zero-order valence-corrected chi connectivity index (χ0v) is 20.9. The van der Waals surface area contributed by atoms with Gasteiger partial charge in [-0.3, -0.25) is 4.79 Å². The maximum Gasteiger partial charge on any atom is 0.389 e. The fraction of sp³-hybridized carbons (Fsp3) is 0.750. The molecule has 1 N–H and O–H groups in total. The number of likely N-dealkylation sites (tertiary alicyclic amines) is 1. The van der Waals surface area contributed by atoms with Gasteiger partial charge in [-0.25, -0.2) is 0 Å². The first kappa shape index (κ1) is 28.5. The Hall–Kier alpha value is -1.72. The highest BCUT2D eigenvalue weighted by Crippen LogP contribution is 2.23. The molecule has 0 spiro atoms. The predicted octanol–water partition coefficient (Wildman–Crippen LogP) is 8.75. The molecule has 1 heterocycles. The van der Waals surface area contributed by atoms with Gasteiger partial charge in [-0.05, 0) is 56.4 Å². The summed E-state index contributed by atoms with van der Waals surface area (Å²) in [5, 5.41) is 3.46. The van der Waals surface area contributed by atoms with E-state index in [9.17, 15) is 18.0 Å². The molecular formula is C28H45F3N2O. The van der Waals surface area contributed by atoms with E-state index >= 15 is 0 Å². The van der Waals surface area contributed by atoms with Crippen molar-refractivity contribution in [1.29, 1.82) is 0 Å². The number of alkyl halides is 3. The van der Waals surface area contributed by atoms with Crippen molar-refractivity contribution in [2.75, 3.05) is 25.0 Å². The van der Waals surface area contributed by atoms with E-state index in [1.54, 1.807) is 0 Å². The lowest BCUT2D eigenvalue weighted by Gasteiger charge is -2.26. The number of piperidine rings is 1. The van der Waals surface area contributed by atoms with Gasteiger partial charge in [0.2, 0.25) is 0 Å². The van der Waals surface area contributed by atoms with Crippen molar-refractivity contribution in [2.45, 2.75) is 115 Å². The lowest BCUT2D eigenvalue weighted by molar-refractivity contribution is -0.135. The van der Waals surface area contributed by atoms with E-state index < -0.39 is 12.6 Å². The molecule has 0 atom stereocenters. The molecule has 1 aromatic carbocycles. The van der Waals surface area contributed by atoms with E-state index in [1.807, 2.05) is 29.2 Å². The second kappa shape index (κ2) is 16.8. The summed E-state index contributed by atoms with van der Waals surface area (Å²) in [4.78, 5) is 14.5. The summed E-state index contributed by atoms with van der Waals surface area (Å²) >= 11 is 0. The average Bonchev–Trinajstić information content (AvgIpc) is 2.83. The molecule has 3 nitrogen and oxygen atoms in total. The number of benzene rings is 1. The smallest absolute Gasteiger partial charge is 0.385 e. The topological polar surface area (TPSA) is 32.3 Å². The number of hydrogen-bond donors (Lipinski definition) is 1.